The Hall–Kier alpha value is -1.07. The zero-order chi connectivity index (χ0) is 11.6. The number of phenolic OH excluding ortho intramolecular Hbond substituents is 1. The standard InChI is InChI=1S/C9H7BrClNO3/c1-2-3-5-8(10)7(12(14)15)4-6(11)9(5)13/h2,4,13H,1,3H2. The van der Waals surface area contributed by atoms with Gasteiger partial charge >= 0.3 is 0 Å². The molecule has 0 bridgehead atoms. The highest BCUT2D eigenvalue weighted by Crippen LogP contribution is 2.40. The van der Waals surface area contributed by atoms with Gasteiger partial charge in [0.25, 0.3) is 5.69 Å². The van der Waals surface area contributed by atoms with Crippen LogP contribution in [-0.2, 0) is 6.42 Å². The average molecular weight is 293 g/mol. The van der Waals surface area contributed by atoms with Crippen molar-refractivity contribution in [2.75, 3.05) is 0 Å². The molecule has 6 heteroatoms. The first-order valence-corrected chi connectivity index (χ1v) is 5.11. The fourth-order valence-electron chi connectivity index (χ4n) is 1.12. The van der Waals surface area contributed by atoms with E-state index in [1.807, 2.05) is 0 Å². The Morgan fingerprint density at radius 1 is 1.73 bits per heavy atom. The molecule has 0 amide bonds. The van der Waals surface area contributed by atoms with Crippen molar-refractivity contribution >= 4 is 33.2 Å². The maximum atomic E-state index is 10.7. The normalized spacial score (nSPS) is 10.0. The Kier molecular flexibility index (Phi) is 3.71. The number of benzene rings is 1. The van der Waals surface area contributed by atoms with Gasteiger partial charge in [-0.05, 0) is 22.4 Å². The van der Waals surface area contributed by atoms with Crippen molar-refractivity contribution in [2.24, 2.45) is 0 Å². The van der Waals surface area contributed by atoms with E-state index in [0.29, 0.717) is 12.0 Å². The largest absolute Gasteiger partial charge is 0.506 e. The molecular formula is C9H7BrClNO3. The summed E-state index contributed by atoms with van der Waals surface area (Å²) < 4.78 is 0.231. The van der Waals surface area contributed by atoms with Gasteiger partial charge in [0.1, 0.15) is 10.2 Å². The summed E-state index contributed by atoms with van der Waals surface area (Å²) in [6.45, 7) is 3.50. The lowest BCUT2D eigenvalue weighted by atomic mass is 10.1. The molecule has 0 aliphatic carbocycles. The van der Waals surface area contributed by atoms with Crippen molar-refractivity contribution < 1.29 is 10.0 Å². The van der Waals surface area contributed by atoms with Crippen molar-refractivity contribution in [3.05, 3.63) is 43.9 Å². The van der Waals surface area contributed by atoms with Gasteiger partial charge in [-0.2, -0.15) is 0 Å². The highest BCUT2D eigenvalue weighted by molar-refractivity contribution is 9.10. The number of halogens is 2. The Labute approximate surface area is 99.5 Å². The summed E-state index contributed by atoms with van der Waals surface area (Å²) >= 11 is 8.72. The molecule has 1 N–H and O–H groups in total. The third kappa shape index (κ3) is 2.30. The van der Waals surface area contributed by atoms with Crippen molar-refractivity contribution in [3.8, 4) is 5.75 Å². The second kappa shape index (κ2) is 4.63. The van der Waals surface area contributed by atoms with Gasteiger partial charge < -0.3 is 5.11 Å². The molecule has 0 saturated heterocycles. The van der Waals surface area contributed by atoms with Crippen LogP contribution in [0.3, 0.4) is 0 Å². The van der Waals surface area contributed by atoms with Crippen LogP contribution in [0.15, 0.2) is 23.2 Å². The maximum absolute atomic E-state index is 10.7. The minimum absolute atomic E-state index is 0.0400. The van der Waals surface area contributed by atoms with Gasteiger partial charge in [-0.25, -0.2) is 0 Å². The molecule has 0 atom stereocenters. The molecule has 0 aliphatic heterocycles. The van der Waals surface area contributed by atoms with E-state index >= 15 is 0 Å². The van der Waals surface area contributed by atoms with Crippen molar-refractivity contribution in [1.82, 2.24) is 0 Å². The second-order valence-electron chi connectivity index (χ2n) is 2.77. The average Bonchev–Trinajstić information content (AvgIpc) is 2.18. The van der Waals surface area contributed by atoms with Gasteiger partial charge in [0.05, 0.1) is 9.95 Å². The molecule has 0 aromatic heterocycles. The van der Waals surface area contributed by atoms with Crippen LogP contribution in [0.2, 0.25) is 5.02 Å². The molecule has 1 aromatic carbocycles. The van der Waals surface area contributed by atoms with Gasteiger partial charge in [0.2, 0.25) is 0 Å². The number of nitrogens with zero attached hydrogens (tertiary/aromatic N) is 1. The SMILES string of the molecule is C=CCc1c(O)c(Cl)cc([N+](=O)[O-])c1Br. The Morgan fingerprint density at radius 3 is 2.80 bits per heavy atom. The quantitative estimate of drug-likeness (QED) is 0.527. The molecule has 0 aliphatic rings. The number of hydrogen-bond acceptors (Lipinski definition) is 3. The molecule has 0 fully saturated rings. The molecule has 4 nitrogen and oxygen atoms in total. The number of nitro groups is 1. The third-order valence-corrected chi connectivity index (χ3v) is 2.98. The monoisotopic (exact) mass is 291 g/mol. The summed E-state index contributed by atoms with van der Waals surface area (Å²) in [7, 11) is 0. The zero-order valence-corrected chi connectivity index (χ0v) is 9.88. The molecular weight excluding hydrogens is 285 g/mol. The highest BCUT2D eigenvalue weighted by Gasteiger charge is 2.21. The topological polar surface area (TPSA) is 63.4 Å². The van der Waals surface area contributed by atoms with Crippen LogP contribution in [0.25, 0.3) is 0 Å². The van der Waals surface area contributed by atoms with E-state index in [1.54, 1.807) is 0 Å². The molecule has 1 rings (SSSR count). The molecule has 0 saturated carbocycles. The fraction of sp³-hybridized carbons (Fsp3) is 0.111. The predicted molar refractivity (Wildman–Crippen MR) is 61.4 cm³/mol. The Morgan fingerprint density at radius 2 is 2.33 bits per heavy atom. The van der Waals surface area contributed by atoms with Crippen molar-refractivity contribution in [2.45, 2.75) is 6.42 Å². The zero-order valence-electron chi connectivity index (χ0n) is 7.54. The minimum Gasteiger partial charge on any atom is -0.506 e. The smallest absolute Gasteiger partial charge is 0.285 e. The summed E-state index contributed by atoms with van der Waals surface area (Å²) in [6.07, 6.45) is 1.83. The predicted octanol–water partition coefficient (Wildman–Crippen LogP) is 3.44. The van der Waals surface area contributed by atoms with E-state index in [4.69, 9.17) is 11.6 Å². The van der Waals surface area contributed by atoms with Gasteiger partial charge in [-0.3, -0.25) is 10.1 Å². The molecule has 80 valence electrons. The Bertz CT molecular complexity index is 434. The molecule has 1 aromatic rings. The molecule has 0 unspecified atom stereocenters. The lowest BCUT2D eigenvalue weighted by molar-refractivity contribution is -0.385. The maximum Gasteiger partial charge on any atom is 0.285 e. The van der Waals surface area contributed by atoms with E-state index < -0.39 is 4.92 Å². The van der Waals surface area contributed by atoms with E-state index in [9.17, 15) is 15.2 Å². The summed E-state index contributed by atoms with van der Waals surface area (Å²) in [6, 6.07) is 1.10. The lowest BCUT2D eigenvalue weighted by Crippen LogP contribution is -1.94. The van der Waals surface area contributed by atoms with Gasteiger partial charge in [0, 0.05) is 11.6 Å². The van der Waals surface area contributed by atoms with E-state index in [-0.39, 0.29) is 20.9 Å². The van der Waals surface area contributed by atoms with Crippen LogP contribution in [-0.4, -0.2) is 10.0 Å². The van der Waals surface area contributed by atoms with Crippen molar-refractivity contribution in [1.29, 1.82) is 0 Å². The van der Waals surface area contributed by atoms with E-state index in [1.165, 1.54) is 6.08 Å². The Balaban J connectivity index is 3.48. The van der Waals surface area contributed by atoms with Crippen molar-refractivity contribution in [3.63, 3.8) is 0 Å². The van der Waals surface area contributed by atoms with Crippen LogP contribution < -0.4 is 0 Å². The first kappa shape index (κ1) is 12.0. The lowest BCUT2D eigenvalue weighted by Gasteiger charge is -2.07. The molecule has 0 radical (unpaired) electrons. The van der Waals surface area contributed by atoms with Crippen LogP contribution >= 0.6 is 27.5 Å². The number of rotatable bonds is 3. The first-order valence-electron chi connectivity index (χ1n) is 3.94. The van der Waals surface area contributed by atoms with Crippen LogP contribution in [0, 0.1) is 10.1 Å². The minimum atomic E-state index is -0.567. The third-order valence-electron chi connectivity index (χ3n) is 1.81. The summed E-state index contributed by atoms with van der Waals surface area (Å²) in [4.78, 5) is 10.1. The summed E-state index contributed by atoms with van der Waals surface area (Å²) in [5.41, 5.74) is 0.193. The molecule has 15 heavy (non-hydrogen) atoms. The number of allylic oxidation sites excluding steroid dienone is 1. The van der Waals surface area contributed by atoms with E-state index in [2.05, 4.69) is 22.5 Å². The van der Waals surface area contributed by atoms with Gasteiger partial charge in [-0.1, -0.05) is 17.7 Å². The first-order chi connectivity index (χ1) is 6.99. The van der Waals surface area contributed by atoms with Crippen LogP contribution in [0.1, 0.15) is 5.56 Å². The number of nitro benzene ring substituents is 1. The number of aromatic hydroxyl groups is 1. The molecule has 0 heterocycles. The number of hydrogen-bond donors (Lipinski definition) is 1. The van der Waals surface area contributed by atoms with E-state index in [0.717, 1.165) is 6.07 Å². The summed E-state index contributed by atoms with van der Waals surface area (Å²) in [5.74, 6) is -0.158. The van der Waals surface area contributed by atoms with Gasteiger partial charge in [0.15, 0.2) is 0 Å². The van der Waals surface area contributed by atoms with Crippen LogP contribution in [0.4, 0.5) is 5.69 Å². The summed E-state index contributed by atoms with van der Waals surface area (Å²) in [5, 5.41) is 20.2. The fourth-order valence-corrected chi connectivity index (χ4v) is 1.94. The molecule has 0 spiro atoms. The highest BCUT2D eigenvalue weighted by atomic mass is 79.9. The second-order valence-corrected chi connectivity index (χ2v) is 3.97. The van der Waals surface area contributed by atoms with Gasteiger partial charge in [-0.15, -0.1) is 6.58 Å². The number of phenols is 1. The van der Waals surface area contributed by atoms with Crippen LogP contribution in [0.5, 0.6) is 5.75 Å².